The molecule has 0 amide bonds. The van der Waals surface area contributed by atoms with Crippen molar-refractivity contribution in [1.29, 1.82) is 0 Å². The molecular weight excluding hydrogens is 507 g/mol. The van der Waals surface area contributed by atoms with E-state index in [1.165, 1.54) is 24.0 Å². The Morgan fingerprint density at radius 1 is 1.18 bits per heavy atom. The monoisotopic (exact) mass is 543 g/mol. The molecule has 204 valence electrons. The minimum absolute atomic E-state index is 0.0310. The highest BCUT2D eigenvalue weighted by Gasteiger charge is 2.49. The van der Waals surface area contributed by atoms with Gasteiger partial charge in [-0.2, -0.15) is 10.5 Å². The van der Waals surface area contributed by atoms with Crippen LogP contribution in [0.2, 0.25) is 0 Å². The van der Waals surface area contributed by atoms with Crippen molar-refractivity contribution in [3.63, 3.8) is 0 Å². The molecular formula is C29H36F3N5S. The summed E-state index contributed by atoms with van der Waals surface area (Å²) in [6, 6.07) is 6.59. The van der Waals surface area contributed by atoms with Gasteiger partial charge in [0.05, 0.1) is 16.9 Å². The van der Waals surface area contributed by atoms with Gasteiger partial charge in [0.1, 0.15) is 18.0 Å². The van der Waals surface area contributed by atoms with Crippen molar-refractivity contribution in [2.45, 2.75) is 64.5 Å². The lowest BCUT2D eigenvalue weighted by molar-refractivity contribution is -0.132. The van der Waals surface area contributed by atoms with Crippen molar-refractivity contribution in [3.8, 4) is 0 Å². The molecule has 0 spiro atoms. The summed E-state index contributed by atoms with van der Waals surface area (Å²) >= 11 is 0. The number of likely N-dealkylation sites (tertiary alicyclic amines) is 1. The first-order chi connectivity index (χ1) is 18.2. The van der Waals surface area contributed by atoms with Crippen LogP contribution in [0.5, 0.6) is 0 Å². The molecule has 9 heteroatoms. The lowest BCUT2D eigenvalue weighted by Crippen LogP contribution is -2.56. The van der Waals surface area contributed by atoms with Crippen molar-refractivity contribution in [1.82, 2.24) is 19.9 Å². The number of nitrogens with zero attached hydrogens (tertiary/aromatic N) is 4. The third-order valence-corrected chi connectivity index (χ3v) is 9.68. The molecule has 0 radical (unpaired) electrons. The maximum absolute atomic E-state index is 15.4. The van der Waals surface area contributed by atoms with Gasteiger partial charge in [0.15, 0.2) is 5.65 Å². The Balaban J connectivity index is 1.39. The minimum Gasteiger partial charge on any atom is -0.365 e. The van der Waals surface area contributed by atoms with Crippen LogP contribution in [0.15, 0.2) is 30.6 Å². The molecule has 38 heavy (non-hydrogen) atoms. The van der Waals surface area contributed by atoms with Gasteiger partial charge in [0.2, 0.25) is 0 Å². The summed E-state index contributed by atoms with van der Waals surface area (Å²) in [6.45, 7) is 6.63. The van der Waals surface area contributed by atoms with Crippen molar-refractivity contribution in [3.05, 3.63) is 58.8 Å². The molecule has 5 rings (SSSR count). The first-order valence-electron chi connectivity index (χ1n) is 13.4. The van der Waals surface area contributed by atoms with Crippen LogP contribution in [0.3, 0.4) is 0 Å². The van der Waals surface area contributed by atoms with E-state index in [1.54, 1.807) is 6.07 Å². The van der Waals surface area contributed by atoms with Gasteiger partial charge < -0.3 is 5.32 Å². The van der Waals surface area contributed by atoms with Gasteiger partial charge in [-0.3, -0.25) is 4.90 Å². The zero-order chi connectivity index (χ0) is 27.0. The van der Waals surface area contributed by atoms with Gasteiger partial charge >= 0.3 is 0 Å². The topological polar surface area (TPSA) is 53.9 Å². The van der Waals surface area contributed by atoms with Crippen LogP contribution in [-0.4, -0.2) is 56.4 Å². The van der Waals surface area contributed by atoms with E-state index in [0.29, 0.717) is 17.4 Å². The largest absolute Gasteiger partial charge is 0.365 e. The summed E-state index contributed by atoms with van der Waals surface area (Å²) in [7, 11) is 0.237. The van der Waals surface area contributed by atoms with Crippen molar-refractivity contribution in [2.24, 2.45) is 5.92 Å². The molecule has 1 N–H and O–H groups in total. The average Bonchev–Trinajstić information content (AvgIpc) is 2.86. The van der Waals surface area contributed by atoms with Crippen LogP contribution in [0.1, 0.15) is 61.9 Å². The number of aromatic nitrogens is 3. The van der Waals surface area contributed by atoms with Crippen LogP contribution in [0.4, 0.5) is 19.0 Å². The summed E-state index contributed by atoms with van der Waals surface area (Å²) in [5, 5.41) is 3.95. The normalized spacial score (nSPS) is 21.1. The van der Waals surface area contributed by atoms with Gasteiger partial charge in [-0.05, 0) is 62.2 Å². The molecule has 2 fully saturated rings. The summed E-state index contributed by atoms with van der Waals surface area (Å²) < 4.78 is 45.9. The number of pyridine rings is 1. The molecule has 2 aromatic heterocycles. The third kappa shape index (κ3) is 5.19. The average molecular weight is 544 g/mol. The predicted molar refractivity (Wildman–Crippen MR) is 151 cm³/mol. The number of hydrogen-bond donors (Lipinski definition) is 1. The quantitative estimate of drug-likeness (QED) is 0.336. The van der Waals surface area contributed by atoms with E-state index >= 15 is 13.2 Å². The lowest BCUT2D eigenvalue weighted by atomic mass is 9.86. The number of halogens is 3. The van der Waals surface area contributed by atoms with Crippen LogP contribution in [0.25, 0.3) is 11.0 Å². The SMILES string of the molecule is C=S1CCC(c2cc3c(NCc4cccc(C(F)(F)C5CN(C(C)C)C5)c4F)ncnc3nc2CC)CC1. The number of benzene rings is 1. The van der Waals surface area contributed by atoms with E-state index in [4.69, 9.17) is 4.98 Å². The van der Waals surface area contributed by atoms with E-state index in [2.05, 4.69) is 34.1 Å². The molecule has 3 aromatic rings. The maximum atomic E-state index is 15.4. The van der Waals surface area contributed by atoms with Crippen LogP contribution in [-0.2, 0) is 18.9 Å². The summed E-state index contributed by atoms with van der Waals surface area (Å²) in [5.74, 6) is 2.48. The number of fused-ring (bicyclic) bond motifs is 1. The second-order valence-corrected chi connectivity index (χ2v) is 12.8. The number of hydrogen-bond acceptors (Lipinski definition) is 5. The first kappa shape index (κ1) is 27.1. The molecule has 0 aliphatic carbocycles. The van der Waals surface area contributed by atoms with Gasteiger partial charge in [-0.25, -0.2) is 28.1 Å². The molecule has 2 saturated heterocycles. The molecule has 1 aromatic carbocycles. The summed E-state index contributed by atoms with van der Waals surface area (Å²) in [6.07, 6.45) is 4.42. The van der Waals surface area contributed by atoms with E-state index in [1.807, 2.05) is 18.7 Å². The smallest absolute Gasteiger partial charge is 0.281 e. The Morgan fingerprint density at radius 2 is 1.92 bits per heavy atom. The Hall–Kier alpha value is -2.52. The fourth-order valence-electron chi connectivity index (χ4n) is 5.53. The van der Waals surface area contributed by atoms with Crippen LogP contribution >= 0.6 is 10.5 Å². The van der Waals surface area contributed by atoms with E-state index in [-0.39, 0.29) is 41.7 Å². The van der Waals surface area contributed by atoms with E-state index < -0.39 is 23.2 Å². The summed E-state index contributed by atoms with van der Waals surface area (Å²) in [4.78, 5) is 15.6. The van der Waals surface area contributed by atoms with Crippen LogP contribution in [0, 0.1) is 11.7 Å². The Bertz CT molecular complexity index is 1330. The predicted octanol–water partition coefficient (Wildman–Crippen LogP) is 6.35. The Morgan fingerprint density at radius 3 is 2.61 bits per heavy atom. The van der Waals surface area contributed by atoms with E-state index in [9.17, 15) is 0 Å². The lowest BCUT2D eigenvalue weighted by Gasteiger charge is -2.45. The Kier molecular flexibility index (Phi) is 7.78. The molecule has 0 saturated carbocycles. The molecule has 4 heterocycles. The van der Waals surface area contributed by atoms with Crippen LogP contribution < -0.4 is 5.32 Å². The molecule has 0 unspecified atom stereocenters. The zero-order valence-electron chi connectivity index (χ0n) is 22.3. The van der Waals surface area contributed by atoms with Gasteiger partial charge in [-0.1, -0.05) is 31.0 Å². The third-order valence-electron chi connectivity index (χ3n) is 8.06. The highest BCUT2D eigenvalue weighted by Crippen LogP contribution is 2.43. The fourth-order valence-corrected chi connectivity index (χ4v) is 6.97. The highest BCUT2D eigenvalue weighted by molar-refractivity contribution is 8.14. The molecule has 0 atom stereocenters. The summed E-state index contributed by atoms with van der Waals surface area (Å²) in [5.41, 5.74) is 2.50. The molecule has 2 aliphatic heterocycles. The second-order valence-electron chi connectivity index (χ2n) is 10.8. The number of anilines is 1. The van der Waals surface area contributed by atoms with Gasteiger partial charge in [0, 0.05) is 36.9 Å². The van der Waals surface area contributed by atoms with E-state index in [0.717, 1.165) is 41.8 Å². The Labute approximate surface area is 225 Å². The number of nitrogens with one attached hydrogen (secondary N) is 1. The number of rotatable bonds is 8. The second kappa shape index (κ2) is 10.9. The molecule has 2 aliphatic rings. The van der Waals surface area contributed by atoms with Gasteiger partial charge in [-0.15, -0.1) is 0 Å². The van der Waals surface area contributed by atoms with Gasteiger partial charge in [0.25, 0.3) is 5.92 Å². The van der Waals surface area contributed by atoms with Crippen molar-refractivity contribution in [2.75, 3.05) is 29.9 Å². The maximum Gasteiger partial charge on any atom is 0.281 e. The highest BCUT2D eigenvalue weighted by atomic mass is 32.2. The molecule has 0 bridgehead atoms. The fraction of sp³-hybridized carbons (Fsp3) is 0.517. The first-order valence-corrected chi connectivity index (χ1v) is 15.2. The van der Waals surface area contributed by atoms with Crippen molar-refractivity contribution < 1.29 is 13.2 Å². The molecule has 5 nitrogen and oxygen atoms in total. The van der Waals surface area contributed by atoms with Crippen molar-refractivity contribution >= 4 is 33.2 Å². The minimum atomic E-state index is -3.23. The number of alkyl halides is 2. The standard InChI is InChI=1S/C29H36F3N5S/c1-5-25-22(19-9-11-38(4)12-10-19)13-23-27(34-17-35-28(23)36-25)33-14-20-7-6-8-24(26(20)30)29(31,32)21-15-37(16-21)18(2)3/h6-8,13,17-19,21H,4-5,9-12,14-16H2,1-3H3,(H,33,34,35,36). The number of aryl methyl sites for hydroxylation is 1. The zero-order valence-corrected chi connectivity index (χ0v) is 23.1.